The highest BCUT2D eigenvalue weighted by Crippen LogP contribution is 2.41. The second kappa shape index (κ2) is 11.5. The molecule has 1 N–H and O–H groups in total. The zero-order valence-electron chi connectivity index (χ0n) is 19.2. The minimum atomic E-state index is -1.63. The van der Waals surface area contributed by atoms with E-state index >= 15 is 0 Å². The first-order valence-electron chi connectivity index (χ1n) is 11.7. The highest BCUT2D eigenvalue weighted by molar-refractivity contribution is 5.82. The molecule has 0 aromatic heterocycles. The Morgan fingerprint density at radius 3 is 2.20 bits per heavy atom. The van der Waals surface area contributed by atoms with Gasteiger partial charge in [-0.2, -0.15) is 0 Å². The first kappa shape index (κ1) is 24.4. The fourth-order valence-electron chi connectivity index (χ4n) is 4.34. The van der Waals surface area contributed by atoms with Crippen molar-refractivity contribution in [2.24, 2.45) is 5.92 Å². The van der Waals surface area contributed by atoms with Gasteiger partial charge in [0.2, 0.25) is 0 Å². The fourth-order valence-corrected chi connectivity index (χ4v) is 4.34. The molecule has 0 saturated heterocycles. The van der Waals surface area contributed by atoms with Crippen LogP contribution in [0.2, 0.25) is 0 Å². The van der Waals surface area contributed by atoms with Crippen LogP contribution in [0.4, 0.5) is 0 Å². The molecule has 1 fully saturated rings. The van der Waals surface area contributed by atoms with Gasteiger partial charge < -0.3 is 9.84 Å². The number of hydrogen-bond acceptors (Lipinski definition) is 4. The Morgan fingerprint density at radius 1 is 1.07 bits per heavy atom. The molecule has 0 amide bonds. The number of hydrogen-bond donors (Lipinski definition) is 1. The number of esters is 1. The van der Waals surface area contributed by atoms with Crippen LogP contribution in [0.1, 0.15) is 78.2 Å². The number of rotatable bonds is 9. The lowest BCUT2D eigenvalue weighted by molar-refractivity contribution is -0.187. The number of nitrogens with zero attached hydrogens (tertiary/aromatic N) is 1. The van der Waals surface area contributed by atoms with Crippen LogP contribution in [0, 0.1) is 17.8 Å². The lowest BCUT2D eigenvalue weighted by Gasteiger charge is -2.39. The largest absolute Gasteiger partial charge is 0.443 e. The first-order chi connectivity index (χ1) is 14.5. The van der Waals surface area contributed by atoms with Crippen molar-refractivity contribution in [1.82, 2.24) is 4.90 Å². The normalized spacial score (nSPS) is 17.1. The van der Waals surface area contributed by atoms with Crippen LogP contribution in [0.25, 0.3) is 0 Å². The molecule has 1 aromatic carbocycles. The monoisotopic (exact) mass is 413 g/mol. The van der Waals surface area contributed by atoms with Crippen LogP contribution in [0.5, 0.6) is 0 Å². The zero-order chi connectivity index (χ0) is 22.0. The zero-order valence-corrected chi connectivity index (χ0v) is 19.2. The minimum absolute atomic E-state index is 0.129. The Bertz CT molecular complexity index is 707. The first-order valence-corrected chi connectivity index (χ1v) is 11.7. The van der Waals surface area contributed by atoms with Gasteiger partial charge in [-0.25, -0.2) is 4.79 Å². The molecule has 0 spiro atoms. The predicted octanol–water partition coefficient (Wildman–Crippen LogP) is 4.90. The molecule has 4 heteroatoms. The van der Waals surface area contributed by atoms with Gasteiger partial charge in [0.1, 0.15) is 0 Å². The Hall–Kier alpha value is -1.83. The highest BCUT2D eigenvalue weighted by atomic mass is 16.6. The van der Waals surface area contributed by atoms with Gasteiger partial charge >= 0.3 is 5.97 Å². The molecular weight excluding hydrogens is 374 g/mol. The highest BCUT2D eigenvalue weighted by Gasteiger charge is 2.49. The van der Waals surface area contributed by atoms with Crippen molar-refractivity contribution < 1.29 is 14.6 Å². The van der Waals surface area contributed by atoms with E-state index in [2.05, 4.69) is 30.6 Å². The third kappa shape index (κ3) is 5.65. The second-order valence-electron chi connectivity index (χ2n) is 8.32. The lowest BCUT2D eigenvalue weighted by Crippen LogP contribution is -2.48. The van der Waals surface area contributed by atoms with Gasteiger partial charge in [0.25, 0.3) is 0 Å². The molecule has 4 nitrogen and oxygen atoms in total. The van der Waals surface area contributed by atoms with Crippen molar-refractivity contribution in [2.45, 2.75) is 83.8 Å². The van der Waals surface area contributed by atoms with E-state index in [1.54, 1.807) is 0 Å². The molecule has 1 aromatic rings. The molecule has 1 aliphatic carbocycles. The predicted molar refractivity (Wildman–Crippen MR) is 122 cm³/mol. The van der Waals surface area contributed by atoms with E-state index in [9.17, 15) is 9.90 Å². The smallest absolute Gasteiger partial charge is 0.344 e. The molecule has 1 saturated carbocycles. The van der Waals surface area contributed by atoms with E-state index in [4.69, 9.17) is 4.74 Å². The van der Waals surface area contributed by atoms with Gasteiger partial charge in [0, 0.05) is 5.92 Å². The maximum Gasteiger partial charge on any atom is 0.344 e. The Kier molecular flexibility index (Phi) is 9.39. The minimum Gasteiger partial charge on any atom is -0.443 e. The van der Waals surface area contributed by atoms with Crippen LogP contribution in [0.3, 0.4) is 0 Å². The third-order valence-electron chi connectivity index (χ3n) is 6.66. The van der Waals surface area contributed by atoms with Crippen molar-refractivity contribution >= 4 is 5.97 Å². The summed E-state index contributed by atoms with van der Waals surface area (Å²) in [7, 11) is 0. The summed E-state index contributed by atoms with van der Waals surface area (Å²) < 4.78 is 6.08. The van der Waals surface area contributed by atoms with E-state index in [1.807, 2.05) is 44.2 Å². The molecule has 0 heterocycles. The van der Waals surface area contributed by atoms with E-state index in [0.717, 1.165) is 45.2 Å². The number of carbonyl (C=O) groups is 1. The summed E-state index contributed by atoms with van der Waals surface area (Å²) in [5.41, 5.74) is -1.88. The molecular formula is C26H39NO3. The van der Waals surface area contributed by atoms with Crippen LogP contribution >= 0.6 is 0 Å². The standard InChI is InChI=1S/C26H39NO3/c1-5-25(6-2,20-15-21-27(7-3)8-4)30-24(28)26(29,22-16-11-9-12-17-22)23-18-13-10-14-19-23/h9,11-12,16-17,23,29H,5-8,10,13-14,18-19,21H2,1-4H3. The summed E-state index contributed by atoms with van der Waals surface area (Å²) in [6.07, 6.45) is 6.07. The van der Waals surface area contributed by atoms with Gasteiger partial charge in [0.05, 0.1) is 6.54 Å². The lowest BCUT2D eigenvalue weighted by atomic mass is 9.73. The number of aliphatic hydroxyl groups is 1. The van der Waals surface area contributed by atoms with Gasteiger partial charge in [-0.3, -0.25) is 4.90 Å². The van der Waals surface area contributed by atoms with Crippen molar-refractivity contribution in [1.29, 1.82) is 0 Å². The number of benzene rings is 1. The summed E-state index contributed by atoms with van der Waals surface area (Å²) in [6, 6.07) is 9.31. The van der Waals surface area contributed by atoms with E-state index in [0.29, 0.717) is 24.9 Å². The molecule has 2 rings (SSSR count). The summed E-state index contributed by atoms with van der Waals surface area (Å²) in [5.74, 6) is 5.78. The van der Waals surface area contributed by atoms with Crippen molar-refractivity contribution in [3.63, 3.8) is 0 Å². The average Bonchev–Trinajstić information content (AvgIpc) is 2.81. The molecule has 30 heavy (non-hydrogen) atoms. The van der Waals surface area contributed by atoms with Crippen molar-refractivity contribution in [3.8, 4) is 11.8 Å². The molecule has 0 bridgehead atoms. The average molecular weight is 414 g/mol. The van der Waals surface area contributed by atoms with Crippen molar-refractivity contribution in [3.05, 3.63) is 35.9 Å². The third-order valence-corrected chi connectivity index (χ3v) is 6.66. The molecule has 166 valence electrons. The number of carbonyl (C=O) groups excluding carboxylic acids is 1. The SMILES string of the molecule is CCN(CC)CC#CC(CC)(CC)OC(=O)C(O)(c1ccccc1)C1CCCCC1. The summed E-state index contributed by atoms with van der Waals surface area (Å²) >= 11 is 0. The maximum atomic E-state index is 13.6. The Morgan fingerprint density at radius 2 is 1.67 bits per heavy atom. The second-order valence-corrected chi connectivity index (χ2v) is 8.32. The maximum absolute atomic E-state index is 13.6. The van der Waals surface area contributed by atoms with Gasteiger partial charge in [-0.15, -0.1) is 0 Å². The molecule has 1 unspecified atom stereocenters. The van der Waals surface area contributed by atoms with E-state index < -0.39 is 17.2 Å². The molecule has 1 atom stereocenters. The molecule has 1 aliphatic rings. The molecule has 0 radical (unpaired) electrons. The summed E-state index contributed by atoms with van der Waals surface area (Å²) in [6.45, 7) is 10.7. The molecule has 0 aliphatic heterocycles. The summed E-state index contributed by atoms with van der Waals surface area (Å²) in [4.78, 5) is 15.8. The van der Waals surface area contributed by atoms with Crippen LogP contribution in [0.15, 0.2) is 30.3 Å². The van der Waals surface area contributed by atoms with E-state index in [1.165, 1.54) is 0 Å². The Labute approximate surface area is 183 Å². The number of ether oxygens (including phenoxy) is 1. The van der Waals surface area contributed by atoms with Crippen LogP contribution in [-0.4, -0.2) is 41.2 Å². The van der Waals surface area contributed by atoms with Crippen LogP contribution < -0.4 is 0 Å². The van der Waals surface area contributed by atoms with Gasteiger partial charge in [0.15, 0.2) is 11.2 Å². The fraction of sp³-hybridized carbons (Fsp3) is 0.654. The van der Waals surface area contributed by atoms with E-state index in [-0.39, 0.29) is 5.92 Å². The summed E-state index contributed by atoms with van der Waals surface area (Å²) in [5, 5.41) is 11.8. The van der Waals surface area contributed by atoms with Crippen molar-refractivity contribution in [2.75, 3.05) is 19.6 Å². The van der Waals surface area contributed by atoms with Gasteiger partial charge in [-0.1, -0.05) is 89.1 Å². The Balaban J connectivity index is 2.32. The van der Waals surface area contributed by atoms with Crippen LogP contribution in [-0.2, 0) is 15.1 Å². The quantitative estimate of drug-likeness (QED) is 0.462. The topological polar surface area (TPSA) is 49.8 Å². The van der Waals surface area contributed by atoms with Gasteiger partial charge in [-0.05, 0) is 44.3 Å².